The number of carbonyl (C=O) groups is 1. The van der Waals surface area contributed by atoms with Crippen LogP contribution in [0.3, 0.4) is 0 Å². The number of hydrogen-bond acceptors (Lipinski definition) is 1. The molecule has 0 aliphatic heterocycles. The molecule has 1 unspecified atom stereocenters. The van der Waals surface area contributed by atoms with E-state index in [9.17, 15) is 4.79 Å². The summed E-state index contributed by atoms with van der Waals surface area (Å²) < 4.78 is 0. The van der Waals surface area contributed by atoms with E-state index in [-0.39, 0.29) is 5.91 Å². The summed E-state index contributed by atoms with van der Waals surface area (Å²) in [4.78, 5) is 11.9. The first-order valence-corrected chi connectivity index (χ1v) is 7.41. The molecule has 1 amide bonds. The van der Waals surface area contributed by atoms with E-state index in [1.807, 2.05) is 30.3 Å². The lowest BCUT2D eigenvalue weighted by atomic mass is 10.1. The molecule has 0 bridgehead atoms. The Bertz CT molecular complexity index is 566. The van der Waals surface area contributed by atoms with E-state index < -0.39 is 0 Å². The van der Waals surface area contributed by atoms with Gasteiger partial charge in [-0.25, -0.2) is 0 Å². The summed E-state index contributed by atoms with van der Waals surface area (Å²) in [5, 5.41) is 5.08. The topological polar surface area (TPSA) is 29.1 Å². The van der Waals surface area contributed by atoms with Crippen LogP contribution in [0.5, 0.6) is 0 Å². The lowest BCUT2D eigenvalue weighted by Gasteiger charge is -2.10. The fourth-order valence-electron chi connectivity index (χ4n) is 1.92. The predicted molar refractivity (Wildman–Crippen MR) is 83.2 cm³/mol. The third kappa shape index (κ3) is 3.42. The van der Waals surface area contributed by atoms with E-state index in [1.54, 1.807) is 7.05 Å². The average Bonchev–Trinajstić information content (AvgIpc) is 2.47. The van der Waals surface area contributed by atoms with Crippen molar-refractivity contribution in [2.24, 2.45) is 0 Å². The Hall–Kier alpha value is -1.66. The average molecular weight is 271 g/mol. The van der Waals surface area contributed by atoms with Crippen molar-refractivity contribution in [2.75, 3.05) is 7.05 Å². The molecule has 0 aliphatic carbocycles. The van der Waals surface area contributed by atoms with E-state index in [0.717, 1.165) is 17.3 Å². The minimum atomic E-state index is -0.0129. The van der Waals surface area contributed by atoms with Crippen molar-refractivity contribution in [3.63, 3.8) is 0 Å². The van der Waals surface area contributed by atoms with Crippen molar-refractivity contribution in [1.82, 2.24) is 5.32 Å². The van der Waals surface area contributed by atoms with Crippen LogP contribution in [-0.2, 0) is 6.42 Å². The van der Waals surface area contributed by atoms with Crippen molar-refractivity contribution < 1.29 is 4.79 Å². The SMILES string of the molecule is CCc1ccc(C(=O)NC)c(Pc2ccccc2)c1. The molecule has 2 aromatic rings. The van der Waals surface area contributed by atoms with Gasteiger partial charge in [-0.2, -0.15) is 0 Å². The number of carbonyl (C=O) groups excluding carboxylic acids is 1. The molecule has 19 heavy (non-hydrogen) atoms. The summed E-state index contributed by atoms with van der Waals surface area (Å²) in [5.74, 6) is -0.0129. The summed E-state index contributed by atoms with van der Waals surface area (Å²) in [7, 11) is 2.18. The van der Waals surface area contributed by atoms with Crippen LogP contribution in [0.1, 0.15) is 22.8 Å². The first-order chi connectivity index (χ1) is 9.24. The number of amides is 1. The second-order valence-electron chi connectivity index (χ2n) is 4.30. The molecule has 2 nitrogen and oxygen atoms in total. The van der Waals surface area contributed by atoms with Crippen LogP contribution in [0.25, 0.3) is 0 Å². The molecule has 0 heterocycles. The summed E-state index contributed by atoms with van der Waals surface area (Å²) >= 11 is 0. The molecule has 0 saturated carbocycles. The monoisotopic (exact) mass is 271 g/mol. The van der Waals surface area contributed by atoms with Gasteiger partial charge in [0, 0.05) is 12.6 Å². The van der Waals surface area contributed by atoms with Gasteiger partial charge in [0.05, 0.1) is 0 Å². The minimum Gasteiger partial charge on any atom is -0.355 e. The number of hydrogen-bond donors (Lipinski definition) is 1. The zero-order valence-corrected chi connectivity index (χ0v) is 12.2. The Morgan fingerprint density at radius 3 is 2.53 bits per heavy atom. The molecule has 98 valence electrons. The van der Waals surface area contributed by atoms with Crippen molar-refractivity contribution >= 4 is 25.1 Å². The molecule has 0 radical (unpaired) electrons. The standard InChI is InChI=1S/C16H18NOP/c1-3-12-9-10-14(16(18)17-2)15(11-12)19-13-7-5-4-6-8-13/h4-11,19H,3H2,1-2H3,(H,17,18). The van der Waals surface area contributed by atoms with E-state index >= 15 is 0 Å². The third-order valence-corrected chi connectivity index (χ3v) is 4.32. The van der Waals surface area contributed by atoms with Crippen LogP contribution in [0, 0.1) is 0 Å². The van der Waals surface area contributed by atoms with Gasteiger partial charge >= 0.3 is 0 Å². The van der Waals surface area contributed by atoms with Crippen LogP contribution >= 0.6 is 8.58 Å². The maximum Gasteiger partial charge on any atom is 0.251 e. The van der Waals surface area contributed by atoms with E-state index in [1.165, 1.54) is 10.9 Å². The Morgan fingerprint density at radius 2 is 1.89 bits per heavy atom. The highest BCUT2D eigenvalue weighted by atomic mass is 31.1. The summed E-state index contributed by atoms with van der Waals surface area (Å²) in [6.07, 6.45) is 0.986. The lowest BCUT2D eigenvalue weighted by Crippen LogP contribution is -2.24. The fraction of sp³-hybridized carbons (Fsp3) is 0.188. The van der Waals surface area contributed by atoms with E-state index in [2.05, 4.69) is 30.4 Å². The number of nitrogens with one attached hydrogen (secondary N) is 1. The first kappa shape index (κ1) is 13.8. The Labute approximate surface area is 116 Å². The van der Waals surface area contributed by atoms with Gasteiger partial charge in [-0.15, -0.1) is 0 Å². The molecule has 1 N–H and O–H groups in total. The van der Waals surface area contributed by atoms with E-state index in [0.29, 0.717) is 8.58 Å². The van der Waals surface area contributed by atoms with Crippen LogP contribution in [-0.4, -0.2) is 13.0 Å². The molecule has 0 fully saturated rings. The highest BCUT2D eigenvalue weighted by Crippen LogP contribution is 2.16. The molecular formula is C16H18NOP. The smallest absolute Gasteiger partial charge is 0.251 e. The zero-order valence-electron chi connectivity index (χ0n) is 11.2. The molecule has 0 aliphatic rings. The van der Waals surface area contributed by atoms with Gasteiger partial charge in [0.15, 0.2) is 0 Å². The van der Waals surface area contributed by atoms with E-state index in [4.69, 9.17) is 0 Å². The third-order valence-electron chi connectivity index (χ3n) is 3.02. The molecule has 0 saturated heterocycles. The number of rotatable bonds is 4. The zero-order chi connectivity index (χ0) is 13.7. The van der Waals surface area contributed by atoms with Gasteiger partial charge in [0.2, 0.25) is 0 Å². The maximum absolute atomic E-state index is 11.9. The van der Waals surface area contributed by atoms with Gasteiger partial charge in [0.1, 0.15) is 0 Å². The molecule has 2 aromatic carbocycles. The molecule has 1 atom stereocenters. The van der Waals surface area contributed by atoms with Crippen molar-refractivity contribution in [3.8, 4) is 0 Å². The largest absolute Gasteiger partial charge is 0.355 e. The highest BCUT2D eigenvalue weighted by Gasteiger charge is 2.10. The van der Waals surface area contributed by atoms with Crippen molar-refractivity contribution in [1.29, 1.82) is 0 Å². The molecule has 2 rings (SSSR count). The summed E-state index contributed by atoms with van der Waals surface area (Å²) in [6, 6.07) is 16.4. The Kier molecular flexibility index (Phi) is 4.70. The predicted octanol–water partition coefficient (Wildman–Crippen LogP) is 2.24. The number of benzene rings is 2. The molecule has 3 heteroatoms. The second-order valence-corrected chi connectivity index (χ2v) is 5.67. The van der Waals surface area contributed by atoms with Crippen molar-refractivity contribution in [2.45, 2.75) is 13.3 Å². The first-order valence-electron chi connectivity index (χ1n) is 6.41. The van der Waals surface area contributed by atoms with Crippen LogP contribution < -0.4 is 15.9 Å². The number of aryl methyl sites for hydroxylation is 1. The van der Waals surface area contributed by atoms with Crippen LogP contribution in [0.4, 0.5) is 0 Å². The Morgan fingerprint density at radius 1 is 1.16 bits per heavy atom. The van der Waals surface area contributed by atoms with Gasteiger partial charge in [0.25, 0.3) is 5.91 Å². The molecular weight excluding hydrogens is 253 g/mol. The fourth-order valence-corrected chi connectivity index (χ4v) is 3.18. The molecule has 0 aromatic heterocycles. The highest BCUT2D eigenvalue weighted by molar-refractivity contribution is 7.55. The lowest BCUT2D eigenvalue weighted by molar-refractivity contribution is 0.0964. The quantitative estimate of drug-likeness (QED) is 0.849. The van der Waals surface area contributed by atoms with Gasteiger partial charge in [-0.05, 0) is 28.7 Å². The minimum absolute atomic E-state index is 0.0129. The van der Waals surface area contributed by atoms with Gasteiger partial charge in [-0.3, -0.25) is 4.79 Å². The Balaban J connectivity index is 2.38. The summed E-state index contributed by atoms with van der Waals surface area (Å²) in [6.45, 7) is 2.13. The normalized spacial score (nSPS) is 10.8. The van der Waals surface area contributed by atoms with Crippen LogP contribution in [0.15, 0.2) is 48.5 Å². The summed E-state index contributed by atoms with van der Waals surface area (Å²) in [5.41, 5.74) is 2.05. The maximum atomic E-state index is 11.9. The van der Waals surface area contributed by atoms with Crippen LogP contribution in [0.2, 0.25) is 0 Å². The van der Waals surface area contributed by atoms with Gasteiger partial charge in [-0.1, -0.05) is 58.0 Å². The van der Waals surface area contributed by atoms with Gasteiger partial charge < -0.3 is 5.32 Å². The molecule has 0 spiro atoms. The second kappa shape index (κ2) is 6.49. The van der Waals surface area contributed by atoms with Crippen molar-refractivity contribution in [3.05, 3.63) is 59.7 Å².